The van der Waals surface area contributed by atoms with Crippen LogP contribution < -0.4 is 0 Å². The van der Waals surface area contributed by atoms with Crippen molar-refractivity contribution in [1.82, 2.24) is 0 Å². The molecule has 1 N–H and O–H groups in total. The van der Waals surface area contributed by atoms with Gasteiger partial charge in [0.05, 0.1) is 0 Å². The second-order valence-electron chi connectivity index (χ2n) is 4.98. The number of ether oxygens (including phenoxy) is 1. The van der Waals surface area contributed by atoms with Crippen LogP contribution in [0.3, 0.4) is 0 Å². The van der Waals surface area contributed by atoms with Gasteiger partial charge >= 0.3 is 0 Å². The van der Waals surface area contributed by atoms with Crippen molar-refractivity contribution in [3.8, 4) is 0 Å². The Kier molecular flexibility index (Phi) is 2.94. The van der Waals surface area contributed by atoms with Gasteiger partial charge in [-0.3, -0.25) is 0 Å². The molecular weight excluding hydrogens is 212 g/mol. The van der Waals surface area contributed by atoms with Crippen molar-refractivity contribution >= 4 is 5.57 Å². The van der Waals surface area contributed by atoms with Crippen LogP contribution in [-0.2, 0) is 4.74 Å². The molecule has 1 atom stereocenters. The smallest absolute Gasteiger partial charge is 0.212 e. The lowest BCUT2D eigenvalue weighted by Crippen LogP contribution is -2.34. The summed E-state index contributed by atoms with van der Waals surface area (Å²) in [5.41, 5.74) is 1.71. The molecule has 2 rings (SSSR count). The van der Waals surface area contributed by atoms with Gasteiger partial charge < -0.3 is 9.84 Å². The summed E-state index contributed by atoms with van der Waals surface area (Å²) in [7, 11) is 1.51. The van der Waals surface area contributed by atoms with E-state index in [1.807, 2.05) is 42.5 Å². The molecule has 17 heavy (non-hydrogen) atoms. The van der Waals surface area contributed by atoms with Crippen LogP contribution in [0.25, 0.3) is 5.57 Å². The largest absolute Gasteiger partial charge is 0.359 e. The van der Waals surface area contributed by atoms with Crippen molar-refractivity contribution < 1.29 is 9.84 Å². The van der Waals surface area contributed by atoms with E-state index in [1.54, 1.807) is 6.08 Å². The van der Waals surface area contributed by atoms with Crippen LogP contribution in [-0.4, -0.2) is 18.0 Å². The lowest BCUT2D eigenvalue weighted by molar-refractivity contribution is -0.0989. The number of hydrogen-bond donors (Lipinski definition) is 1. The van der Waals surface area contributed by atoms with E-state index in [9.17, 15) is 5.11 Å². The summed E-state index contributed by atoms with van der Waals surface area (Å²) in [6, 6.07) is 9.82. The first-order valence-corrected chi connectivity index (χ1v) is 5.73. The van der Waals surface area contributed by atoms with Crippen LogP contribution in [0.5, 0.6) is 0 Å². The van der Waals surface area contributed by atoms with Gasteiger partial charge in [0.2, 0.25) is 5.79 Å². The van der Waals surface area contributed by atoms with Crippen LogP contribution in [0.1, 0.15) is 19.4 Å². The highest BCUT2D eigenvalue weighted by Gasteiger charge is 2.35. The topological polar surface area (TPSA) is 29.5 Å². The molecule has 1 aromatic carbocycles. The van der Waals surface area contributed by atoms with Crippen LogP contribution in [0.15, 0.2) is 48.6 Å². The molecule has 0 saturated heterocycles. The zero-order chi connectivity index (χ0) is 12.5. The number of hydrogen-bond acceptors (Lipinski definition) is 2. The van der Waals surface area contributed by atoms with E-state index in [4.69, 9.17) is 4.74 Å². The molecule has 0 heterocycles. The zero-order valence-electron chi connectivity index (χ0n) is 10.5. The Balaban J connectivity index is 2.51. The van der Waals surface area contributed by atoms with Gasteiger partial charge in [-0.1, -0.05) is 56.3 Å². The molecule has 0 saturated carbocycles. The minimum atomic E-state index is -1.32. The molecule has 90 valence electrons. The predicted molar refractivity (Wildman–Crippen MR) is 69.3 cm³/mol. The SMILES string of the molecule is CO[C@@]1(O)C=CC(C)(C)C=C1c1ccccc1. The highest BCUT2D eigenvalue weighted by Crippen LogP contribution is 2.38. The van der Waals surface area contributed by atoms with Gasteiger partial charge in [-0.15, -0.1) is 0 Å². The zero-order valence-corrected chi connectivity index (χ0v) is 10.5. The molecule has 0 radical (unpaired) electrons. The Morgan fingerprint density at radius 2 is 1.71 bits per heavy atom. The number of aliphatic hydroxyl groups is 1. The Labute approximate surface area is 102 Å². The van der Waals surface area contributed by atoms with E-state index >= 15 is 0 Å². The van der Waals surface area contributed by atoms with Gasteiger partial charge in [0.15, 0.2) is 0 Å². The molecule has 1 aromatic rings. The highest BCUT2D eigenvalue weighted by molar-refractivity contribution is 5.74. The van der Waals surface area contributed by atoms with Gasteiger partial charge in [0.25, 0.3) is 0 Å². The summed E-state index contributed by atoms with van der Waals surface area (Å²) in [6.07, 6.45) is 5.73. The quantitative estimate of drug-likeness (QED) is 0.625. The first-order chi connectivity index (χ1) is 7.97. The average Bonchev–Trinajstić information content (AvgIpc) is 2.34. The summed E-state index contributed by atoms with van der Waals surface area (Å²) in [4.78, 5) is 0. The fourth-order valence-electron chi connectivity index (χ4n) is 2.03. The standard InChI is InChI=1S/C15H18O2/c1-14(2)9-10-15(16,17-3)13(11-14)12-7-5-4-6-8-12/h4-11,16H,1-3H3/t15-/m0/s1. The molecule has 0 bridgehead atoms. The lowest BCUT2D eigenvalue weighted by atomic mass is 9.80. The summed E-state index contributed by atoms with van der Waals surface area (Å²) in [5.74, 6) is -1.32. The Morgan fingerprint density at radius 1 is 1.06 bits per heavy atom. The first-order valence-electron chi connectivity index (χ1n) is 5.73. The second-order valence-corrected chi connectivity index (χ2v) is 4.98. The molecule has 1 aliphatic rings. The molecule has 0 spiro atoms. The predicted octanol–water partition coefficient (Wildman–Crippen LogP) is 3.00. The van der Waals surface area contributed by atoms with Crippen LogP contribution >= 0.6 is 0 Å². The molecule has 0 aliphatic heterocycles. The molecule has 2 nitrogen and oxygen atoms in total. The monoisotopic (exact) mass is 230 g/mol. The Morgan fingerprint density at radius 3 is 2.29 bits per heavy atom. The molecule has 0 unspecified atom stereocenters. The Hall–Kier alpha value is -1.38. The van der Waals surface area contributed by atoms with Gasteiger partial charge in [0.1, 0.15) is 0 Å². The van der Waals surface area contributed by atoms with Crippen LogP contribution in [0.2, 0.25) is 0 Å². The summed E-state index contributed by atoms with van der Waals surface area (Å²) in [5, 5.41) is 10.4. The highest BCUT2D eigenvalue weighted by atomic mass is 16.6. The lowest BCUT2D eigenvalue weighted by Gasteiger charge is -2.34. The molecule has 0 aromatic heterocycles. The van der Waals surface area contributed by atoms with E-state index in [2.05, 4.69) is 13.8 Å². The average molecular weight is 230 g/mol. The summed E-state index contributed by atoms with van der Waals surface area (Å²) in [6.45, 7) is 4.20. The van der Waals surface area contributed by atoms with E-state index in [1.165, 1.54) is 7.11 Å². The third-order valence-corrected chi connectivity index (χ3v) is 3.04. The number of rotatable bonds is 2. The van der Waals surface area contributed by atoms with Crippen molar-refractivity contribution in [3.05, 3.63) is 54.1 Å². The van der Waals surface area contributed by atoms with Crippen molar-refractivity contribution in [2.75, 3.05) is 7.11 Å². The molecule has 2 heteroatoms. The minimum Gasteiger partial charge on any atom is -0.359 e. The molecular formula is C15H18O2. The number of benzene rings is 1. The maximum atomic E-state index is 10.4. The van der Waals surface area contributed by atoms with E-state index in [0.717, 1.165) is 11.1 Å². The van der Waals surface area contributed by atoms with Crippen LogP contribution in [0.4, 0.5) is 0 Å². The molecule has 0 amide bonds. The fourth-order valence-corrected chi connectivity index (χ4v) is 2.03. The van der Waals surface area contributed by atoms with Gasteiger partial charge in [0, 0.05) is 18.1 Å². The maximum Gasteiger partial charge on any atom is 0.212 e. The van der Waals surface area contributed by atoms with E-state index in [-0.39, 0.29) is 5.41 Å². The fraction of sp³-hybridized carbons (Fsp3) is 0.333. The van der Waals surface area contributed by atoms with E-state index in [0.29, 0.717) is 0 Å². The number of allylic oxidation sites excluding steroid dienone is 2. The van der Waals surface area contributed by atoms with Crippen molar-refractivity contribution in [2.45, 2.75) is 19.6 Å². The third kappa shape index (κ3) is 2.33. The van der Waals surface area contributed by atoms with Crippen molar-refractivity contribution in [1.29, 1.82) is 0 Å². The minimum absolute atomic E-state index is 0.0735. The third-order valence-electron chi connectivity index (χ3n) is 3.04. The van der Waals surface area contributed by atoms with E-state index < -0.39 is 5.79 Å². The first kappa shape index (κ1) is 12.1. The molecule has 1 aliphatic carbocycles. The van der Waals surface area contributed by atoms with Crippen molar-refractivity contribution in [2.24, 2.45) is 5.41 Å². The molecule has 0 fully saturated rings. The van der Waals surface area contributed by atoms with Crippen molar-refractivity contribution in [3.63, 3.8) is 0 Å². The Bertz CT molecular complexity index is 457. The maximum absolute atomic E-state index is 10.4. The summed E-state index contributed by atoms with van der Waals surface area (Å²) < 4.78 is 5.24. The van der Waals surface area contributed by atoms with Crippen LogP contribution in [0, 0.1) is 5.41 Å². The van der Waals surface area contributed by atoms with Gasteiger partial charge in [-0.25, -0.2) is 0 Å². The van der Waals surface area contributed by atoms with Gasteiger partial charge in [-0.05, 0) is 11.6 Å². The second kappa shape index (κ2) is 4.13. The van der Waals surface area contributed by atoms with Gasteiger partial charge in [-0.2, -0.15) is 0 Å². The summed E-state index contributed by atoms with van der Waals surface area (Å²) >= 11 is 0. The normalized spacial score (nSPS) is 26.7. The number of methoxy groups -OCH3 is 1.